The molecular weight excluding hydrogens is 178 g/mol. The first-order chi connectivity index (χ1) is 4.31. The minimum absolute atomic E-state index is 0.132. The maximum absolute atomic E-state index is 11.6. The molecular formula is C4H2ClF5. The normalized spacial score (nSPS) is 14.6. The second kappa shape index (κ2) is 2.74. The number of hydrogen-bond acceptors (Lipinski definition) is 0. The van der Waals surface area contributed by atoms with Gasteiger partial charge in [-0.25, -0.2) is 0 Å². The summed E-state index contributed by atoms with van der Waals surface area (Å²) in [5.41, 5.74) is 0.132. The fourth-order valence-corrected chi connectivity index (χ4v) is 0.332. The van der Waals surface area contributed by atoms with Crippen LogP contribution in [0.3, 0.4) is 0 Å². The second-order valence-electron chi connectivity index (χ2n) is 1.41. The van der Waals surface area contributed by atoms with E-state index in [0.717, 1.165) is 0 Å². The van der Waals surface area contributed by atoms with Gasteiger partial charge in [-0.3, -0.25) is 0 Å². The van der Waals surface area contributed by atoms with E-state index in [9.17, 15) is 22.0 Å². The topological polar surface area (TPSA) is 0 Å². The minimum atomic E-state index is -5.56. The first kappa shape index (κ1) is 9.68. The van der Waals surface area contributed by atoms with Gasteiger partial charge in [0.05, 0.1) is 0 Å². The van der Waals surface area contributed by atoms with E-state index in [4.69, 9.17) is 0 Å². The molecule has 0 saturated heterocycles. The third-order valence-corrected chi connectivity index (χ3v) is 0.776. The maximum atomic E-state index is 11.6. The summed E-state index contributed by atoms with van der Waals surface area (Å²) in [5.74, 6) is -4.82. The highest BCUT2D eigenvalue weighted by Gasteiger charge is 2.55. The van der Waals surface area contributed by atoms with Crippen molar-refractivity contribution in [3.63, 3.8) is 0 Å². The Balaban J connectivity index is 4.40. The van der Waals surface area contributed by atoms with Gasteiger partial charge in [-0.15, -0.1) is 0 Å². The molecule has 0 saturated carbocycles. The van der Waals surface area contributed by atoms with Crippen molar-refractivity contribution in [1.82, 2.24) is 0 Å². The summed E-state index contributed by atoms with van der Waals surface area (Å²) < 4.78 is 56.8. The van der Waals surface area contributed by atoms with E-state index in [2.05, 4.69) is 11.6 Å². The van der Waals surface area contributed by atoms with Crippen LogP contribution >= 0.6 is 11.6 Å². The van der Waals surface area contributed by atoms with Gasteiger partial charge in [0.2, 0.25) is 0 Å². The molecule has 0 amide bonds. The minimum Gasteiger partial charge on any atom is -0.191 e. The van der Waals surface area contributed by atoms with Gasteiger partial charge in [-0.05, 0) is 0 Å². The molecule has 0 unspecified atom stereocenters. The average molecular weight is 181 g/mol. The van der Waals surface area contributed by atoms with Gasteiger partial charge in [0.1, 0.15) is 0 Å². The lowest BCUT2D eigenvalue weighted by atomic mass is 10.3. The van der Waals surface area contributed by atoms with Crippen molar-refractivity contribution in [2.45, 2.75) is 12.1 Å². The molecule has 10 heavy (non-hydrogen) atoms. The van der Waals surface area contributed by atoms with Gasteiger partial charge < -0.3 is 0 Å². The molecule has 0 spiro atoms. The zero-order chi connectivity index (χ0) is 8.41. The predicted molar refractivity (Wildman–Crippen MR) is 26.0 cm³/mol. The fourth-order valence-electron chi connectivity index (χ4n) is 0.174. The van der Waals surface area contributed by atoms with E-state index in [0.29, 0.717) is 0 Å². The van der Waals surface area contributed by atoms with Crippen molar-refractivity contribution >= 4 is 11.6 Å². The van der Waals surface area contributed by atoms with Crippen LogP contribution in [0.5, 0.6) is 0 Å². The first-order valence-electron chi connectivity index (χ1n) is 2.04. The van der Waals surface area contributed by atoms with Crippen LogP contribution in [0, 0.1) is 0 Å². The molecule has 0 N–H and O–H groups in total. The zero-order valence-corrected chi connectivity index (χ0v) is 5.18. The van der Waals surface area contributed by atoms with E-state index in [1.165, 1.54) is 0 Å². The SMILES string of the molecule is FC(F)(F)C(F)(F)C=CCl. The van der Waals surface area contributed by atoms with Gasteiger partial charge in [-0.2, -0.15) is 22.0 Å². The molecule has 60 valence electrons. The number of rotatable bonds is 1. The van der Waals surface area contributed by atoms with Crippen LogP contribution < -0.4 is 0 Å². The van der Waals surface area contributed by atoms with Gasteiger partial charge in [0, 0.05) is 11.6 Å². The van der Waals surface area contributed by atoms with Crippen LogP contribution in [-0.2, 0) is 0 Å². The van der Waals surface area contributed by atoms with Crippen LogP contribution in [0.1, 0.15) is 0 Å². The number of alkyl halides is 5. The molecule has 0 aromatic heterocycles. The average Bonchev–Trinajstić information content (AvgIpc) is 1.61. The standard InChI is InChI=1S/C4H2ClF5/c5-2-1-3(6,7)4(8,9)10/h1-2H. The summed E-state index contributed by atoms with van der Waals surface area (Å²) in [6.45, 7) is 0. The lowest BCUT2D eigenvalue weighted by molar-refractivity contribution is -0.259. The molecule has 6 heteroatoms. The largest absolute Gasteiger partial charge is 0.457 e. The van der Waals surface area contributed by atoms with Gasteiger partial charge in [0.25, 0.3) is 0 Å². The van der Waals surface area contributed by atoms with E-state index in [-0.39, 0.29) is 5.54 Å². The number of hydrogen-bond donors (Lipinski definition) is 0. The number of halogens is 6. The van der Waals surface area contributed by atoms with E-state index >= 15 is 0 Å². The Labute approximate surface area is 58.3 Å². The monoisotopic (exact) mass is 180 g/mol. The van der Waals surface area contributed by atoms with E-state index < -0.39 is 18.2 Å². The Kier molecular flexibility index (Phi) is 2.65. The Morgan fingerprint density at radius 2 is 1.40 bits per heavy atom. The van der Waals surface area contributed by atoms with Crippen molar-refractivity contribution in [2.24, 2.45) is 0 Å². The van der Waals surface area contributed by atoms with Crippen LogP contribution in [-0.4, -0.2) is 12.1 Å². The van der Waals surface area contributed by atoms with Crippen LogP contribution in [0.25, 0.3) is 0 Å². The third-order valence-electron chi connectivity index (χ3n) is 0.650. The summed E-state index contributed by atoms with van der Waals surface area (Å²) in [7, 11) is 0. The molecule has 0 aliphatic carbocycles. The zero-order valence-electron chi connectivity index (χ0n) is 4.42. The molecule has 0 nitrogen and oxygen atoms in total. The quantitative estimate of drug-likeness (QED) is 0.545. The van der Waals surface area contributed by atoms with Crippen LogP contribution in [0.15, 0.2) is 11.6 Å². The van der Waals surface area contributed by atoms with E-state index in [1.54, 1.807) is 0 Å². The molecule has 0 fully saturated rings. The Hall–Kier alpha value is -0.320. The van der Waals surface area contributed by atoms with Crippen molar-refractivity contribution in [3.05, 3.63) is 11.6 Å². The van der Waals surface area contributed by atoms with Gasteiger partial charge in [-0.1, -0.05) is 11.6 Å². The van der Waals surface area contributed by atoms with Crippen LogP contribution in [0.4, 0.5) is 22.0 Å². The lowest BCUT2D eigenvalue weighted by Gasteiger charge is -2.14. The van der Waals surface area contributed by atoms with Crippen molar-refractivity contribution in [1.29, 1.82) is 0 Å². The summed E-state index contributed by atoms with van der Waals surface area (Å²) in [6.07, 6.45) is -5.98. The van der Waals surface area contributed by atoms with Crippen molar-refractivity contribution < 1.29 is 22.0 Å². The summed E-state index contributed by atoms with van der Waals surface area (Å²) >= 11 is 4.53. The molecule has 0 atom stereocenters. The molecule has 0 aliphatic heterocycles. The first-order valence-corrected chi connectivity index (χ1v) is 2.47. The predicted octanol–water partition coefficient (Wildman–Crippen LogP) is 2.94. The smallest absolute Gasteiger partial charge is 0.191 e. The molecule has 0 heterocycles. The molecule has 0 bridgehead atoms. The number of allylic oxidation sites excluding steroid dienone is 1. The summed E-state index contributed by atoms with van der Waals surface area (Å²) in [5, 5.41) is 0. The van der Waals surface area contributed by atoms with E-state index in [1.807, 2.05) is 0 Å². The highest BCUT2D eigenvalue weighted by molar-refractivity contribution is 6.25. The highest BCUT2D eigenvalue weighted by Crippen LogP contribution is 2.36. The van der Waals surface area contributed by atoms with Crippen molar-refractivity contribution in [2.75, 3.05) is 0 Å². The van der Waals surface area contributed by atoms with Crippen molar-refractivity contribution in [3.8, 4) is 0 Å². The molecule has 0 aliphatic rings. The third kappa shape index (κ3) is 2.13. The Morgan fingerprint density at radius 1 is 1.00 bits per heavy atom. The van der Waals surface area contributed by atoms with Gasteiger partial charge >= 0.3 is 12.1 Å². The molecule has 0 radical (unpaired) electrons. The van der Waals surface area contributed by atoms with Crippen LogP contribution in [0.2, 0.25) is 0 Å². The molecule has 0 rings (SSSR count). The lowest BCUT2D eigenvalue weighted by Crippen LogP contribution is -2.33. The second-order valence-corrected chi connectivity index (χ2v) is 1.67. The Morgan fingerprint density at radius 3 is 1.50 bits per heavy atom. The van der Waals surface area contributed by atoms with Gasteiger partial charge in [0.15, 0.2) is 0 Å². The fraction of sp³-hybridized carbons (Fsp3) is 0.500. The molecule has 0 aromatic carbocycles. The maximum Gasteiger partial charge on any atom is 0.457 e. The summed E-state index contributed by atoms with van der Waals surface area (Å²) in [6, 6.07) is 0. The highest BCUT2D eigenvalue weighted by atomic mass is 35.5. The molecule has 0 aromatic rings. The Bertz CT molecular complexity index is 135. The summed E-state index contributed by atoms with van der Waals surface area (Å²) in [4.78, 5) is 0.